The number of hydrogen-bond donors (Lipinski definition) is 1. The zero-order chi connectivity index (χ0) is 21.8. The number of likely N-dealkylation sites (tertiary alicyclic amines) is 1. The summed E-state index contributed by atoms with van der Waals surface area (Å²) in [6, 6.07) is 5.53. The van der Waals surface area contributed by atoms with Crippen molar-refractivity contribution in [2.75, 3.05) is 31.6 Å². The van der Waals surface area contributed by atoms with Gasteiger partial charge in [0.25, 0.3) is 5.91 Å². The SMILES string of the molecule is CCOC(=O)Nc1cncc(-n2ccc3cc(C(=O)N4CCC(OCC)C4)cnc32)c1. The lowest BCUT2D eigenvalue weighted by Crippen LogP contribution is -2.30. The third-order valence-corrected chi connectivity index (χ3v) is 5.13. The molecule has 0 aliphatic carbocycles. The van der Waals surface area contributed by atoms with Crippen LogP contribution in [0.2, 0.25) is 0 Å². The molecule has 0 saturated carbocycles. The van der Waals surface area contributed by atoms with E-state index in [4.69, 9.17) is 9.47 Å². The first kappa shape index (κ1) is 20.8. The van der Waals surface area contributed by atoms with Crippen molar-refractivity contribution in [1.29, 1.82) is 0 Å². The third kappa shape index (κ3) is 4.51. The van der Waals surface area contributed by atoms with Crippen LogP contribution in [0.4, 0.5) is 10.5 Å². The number of pyridine rings is 2. The maximum absolute atomic E-state index is 12.9. The molecule has 1 aliphatic heterocycles. The van der Waals surface area contributed by atoms with Crippen molar-refractivity contribution in [3.8, 4) is 5.69 Å². The minimum atomic E-state index is -0.534. The van der Waals surface area contributed by atoms with E-state index >= 15 is 0 Å². The maximum Gasteiger partial charge on any atom is 0.411 e. The van der Waals surface area contributed by atoms with Gasteiger partial charge in [-0.2, -0.15) is 0 Å². The second kappa shape index (κ2) is 9.13. The van der Waals surface area contributed by atoms with E-state index in [0.29, 0.717) is 36.6 Å². The average molecular weight is 423 g/mol. The molecule has 2 amide bonds. The van der Waals surface area contributed by atoms with Gasteiger partial charge in [0.15, 0.2) is 0 Å². The van der Waals surface area contributed by atoms with Crippen LogP contribution in [0.3, 0.4) is 0 Å². The highest BCUT2D eigenvalue weighted by Gasteiger charge is 2.27. The highest BCUT2D eigenvalue weighted by molar-refractivity contribution is 5.97. The third-order valence-electron chi connectivity index (χ3n) is 5.13. The van der Waals surface area contributed by atoms with Gasteiger partial charge in [-0.25, -0.2) is 9.78 Å². The molecule has 1 unspecified atom stereocenters. The zero-order valence-corrected chi connectivity index (χ0v) is 17.6. The highest BCUT2D eigenvalue weighted by atomic mass is 16.5. The number of ether oxygens (including phenoxy) is 2. The summed E-state index contributed by atoms with van der Waals surface area (Å²) in [7, 11) is 0. The predicted octanol–water partition coefficient (Wildman–Crippen LogP) is 3.24. The fourth-order valence-electron chi connectivity index (χ4n) is 3.73. The van der Waals surface area contributed by atoms with Gasteiger partial charge in [0.1, 0.15) is 5.65 Å². The molecule has 0 radical (unpaired) electrons. The van der Waals surface area contributed by atoms with Crippen molar-refractivity contribution in [2.24, 2.45) is 0 Å². The second-order valence-corrected chi connectivity index (χ2v) is 7.22. The Hall–Kier alpha value is -3.46. The predicted molar refractivity (Wildman–Crippen MR) is 115 cm³/mol. The summed E-state index contributed by atoms with van der Waals surface area (Å²) in [6.45, 7) is 5.94. The van der Waals surface area contributed by atoms with Gasteiger partial charge >= 0.3 is 6.09 Å². The van der Waals surface area contributed by atoms with E-state index in [-0.39, 0.29) is 18.6 Å². The van der Waals surface area contributed by atoms with Crippen LogP contribution in [-0.4, -0.2) is 63.8 Å². The van der Waals surface area contributed by atoms with Gasteiger partial charge in [-0.1, -0.05) is 0 Å². The van der Waals surface area contributed by atoms with Crippen LogP contribution in [0.15, 0.2) is 43.0 Å². The van der Waals surface area contributed by atoms with Gasteiger partial charge in [-0.05, 0) is 38.5 Å². The van der Waals surface area contributed by atoms with Crippen molar-refractivity contribution in [3.05, 3.63) is 48.5 Å². The normalized spacial score (nSPS) is 15.9. The van der Waals surface area contributed by atoms with Gasteiger partial charge in [-0.3, -0.25) is 19.7 Å². The number of anilines is 1. The second-order valence-electron chi connectivity index (χ2n) is 7.22. The molecular weight excluding hydrogens is 398 g/mol. The van der Waals surface area contributed by atoms with Crippen molar-refractivity contribution in [3.63, 3.8) is 0 Å². The summed E-state index contributed by atoms with van der Waals surface area (Å²) < 4.78 is 12.4. The van der Waals surface area contributed by atoms with Crippen LogP contribution >= 0.6 is 0 Å². The zero-order valence-electron chi connectivity index (χ0n) is 17.6. The number of carbonyl (C=O) groups excluding carboxylic acids is 2. The van der Waals surface area contributed by atoms with E-state index in [9.17, 15) is 9.59 Å². The molecule has 31 heavy (non-hydrogen) atoms. The number of carbonyl (C=O) groups is 2. The Bertz CT molecular complexity index is 1100. The van der Waals surface area contributed by atoms with Gasteiger partial charge in [0, 0.05) is 37.5 Å². The quantitative estimate of drug-likeness (QED) is 0.654. The van der Waals surface area contributed by atoms with E-state index in [2.05, 4.69) is 15.3 Å². The number of amides is 2. The van der Waals surface area contributed by atoms with Crippen molar-refractivity contribution in [2.45, 2.75) is 26.4 Å². The van der Waals surface area contributed by atoms with Crippen molar-refractivity contribution in [1.82, 2.24) is 19.4 Å². The van der Waals surface area contributed by atoms with E-state index in [1.54, 1.807) is 31.6 Å². The van der Waals surface area contributed by atoms with Crippen molar-refractivity contribution < 1.29 is 19.1 Å². The molecule has 0 aromatic carbocycles. The fraction of sp³-hybridized carbons (Fsp3) is 0.364. The number of nitrogens with zero attached hydrogens (tertiary/aromatic N) is 4. The van der Waals surface area contributed by atoms with E-state index in [1.807, 2.05) is 34.7 Å². The van der Waals surface area contributed by atoms with Crippen LogP contribution < -0.4 is 5.32 Å². The molecule has 1 saturated heterocycles. The number of hydrogen-bond acceptors (Lipinski definition) is 6. The van der Waals surface area contributed by atoms with Gasteiger partial charge in [0.2, 0.25) is 0 Å². The summed E-state index contributed by atoms with van der Waals surface area (Å²) in [5, 5.41) is 3.49. The first-order chi connectivity index (χ1) is 15.1. The minimum Gasteiger partial charge on any atom is -0.450 e. The Morgan fingerprint density at radius 3 is 2.87 bits per heavy atom. The molecule has 0 bridgehead atoms. The largest absolute Gasteiger partial charge is 0.450 e. The Balaban J connectivity index is 1.54. The summed E-state index contributed by atoms with van der Waals surface area (Å²) in [5.74, 6) is -0.0355. The fourth-order valence-corrected chi connectivity index (χ4v) is 3.73. The Morgan fingerprint density at radius 1 is 1.19 bits per heavy atom. The molecule has 9 nitrogen and oxygen atoms in total. The molecule has 4 rings (SSSR count). The molecule has 1 aliphatic rings. The standard InChI is InChI=1S/C22H25N5O4/c1-3-30-19-6-7-26(14-19)21(28)16-9-15-5-8-27(20(15)24-11-16)18-10-17(12-23-13-18)25-22(29)31-4-2/h5,8-13,19H,3-4,6-7,14H2,1-2H3,(H,25,29). The van der Waals surface area contributed by atoms with Crippen LogP contribution in [0.1, 0.15) is 30.6 Å². The Labute approximate surface area is 180 Å². The lowest BCUT2D eigenvalue weighted by Gasteiger charge is -2.16. The summed E-state index contributed by atoms with van der Waals surface area (Å²) in [5.41, 5.74) is 2.50. The minimum absolute atomic E-state index is 0.0355. The van der Waals surface area contributed by atoms with Crippen LogP contribution in [0.5, 0.6) is 0 Å². The summed E-state index contributed by atoms with van der Waals surface area (Å²) >= 11 is 0. The molecule has 3 aromatic rings. The van der Waals surface area contributed by atoms with E-state index in [1.165, 1.54) is 0 Å². The number of nitrogens with one attached hydrogen (secondary N) is 1. The maximum atomic E-state index is 12.9. The molecular formula is C22H25N5O4. The Morgan fingerprint density at radius 2 is 2.06 bits per heavy atom. The molecule has 4 heterocycles. The molecule has 0 spiro atoms. The number of fused-ring (bicyclic) bond motifs is 1. The van der Waals surface area contributed by atoms with Crippen LogP contribution in [0, 0.1) is 0 Å². The van der Waals surface area contributed by atoms with E-state index < -0.39 is 6.09 Å². The topological polar surface area (TPSA) is 98.6 Å². The Kier molecular flexibility index (Phi) is 6.13. The van der Waals surface area contributed by atoms with Gasteiger partial charge in [0.05, 0.1) is 42.0 Å². The van der Waals surface area contributed by atoms with Crippen LogP contribution in [0.25, 0.3) is 16.7 Å². The molecule has 1 fully saturated rings. The molecule has 1 N–H and O–H groups in total. The van der Waals surface area contributed by atoms with Gasteiger partial charge < -0.3 is 14.4 Å². The summed E-state index contributed by atoms with van der Waals surface area (Å²) in [6.07, 6.45) is 7.11. The first-order valence-electron chi connectivity index (χ1n) is 10.4. The van der Waals surface area contributed by atoms with Gasteiger partial charge in [-0.15, -0.1) is 0 Å². The smallest absolute Gasteiger partial charge is 0.411 e. The highest BCUT2D eigenvalue weighted by Crippen LogP contribution is 2.23. The number of rotatable bonds is 6. The molecule has 9 heteroatoms. The molecule has 162 valence electrons. The van der Waals surface area contributed by atoms with Crippen LogP contribution in [-0.2, 0) is 9.47 Å². The lowest BCUT2D eigenvalue weighted by molar-refractivity contribution is 0.0598. The molecule has 1 atom stereocenters. The summed E-state index contributed by atoms with van der Waals surface area (Å²) in [4.78, 5) is 35.1. The van der Waals surface area contributed by atoms with Crippen molar-refractivity contribution >= 4 is 28.7 Å². The van der Waals surface area contributed by atoms with E-state index in [0.717, 1.165) is 17.5 Å². The molecule has 3 aromatic heterocycles. The number of aromatic nitrogens is 3. The average Bonchev–Trinajstić information content (AvgIpc) is 3.40. The lowest BCUT2D eigenvalue weighted by atomic mass is 10.2. The first-order valence-corrected chi connectivity index (χ1v) is 10.4. The monoisotopic (exact) mass is 423 g/mol.